The first-order chi connectivity index (χ1) is 14.4. The van der Waals surface area contributed by atoms with E-state index in [1.807, 2.05) is 11.3 Å². The van der Waals surface area contributed by atoms with Crippen LogP contribution in [0.15, 0.2) is 91.0 Å². The van der Waals surface area contributed by atoms with Gasteiger partial charge in [-0.05, 0) is 46.5 Å². The normalized spacial score (nSPS) is 12.1. The van der Waals surface area contributed by atoms with E-state index in [1.165, 1.54) is 53.4 Å². The maximum atomic E-state index is 5.13. The summed E-state index contributed by atoms with van der Waals surface area (Å²) in [7, 11) is 0. The van der Waals surface area contributed by atoms with Crippen molar-refractivity contribution in [1.29, 1.82) is 0 Å². The van der Waals surface area contributed by atoms with Crippen molar-refractivity contribution in [2.45, 2.75) is 0 Å². The zero-order valence-corrected chi connectivity index (χ0v) is 16.3. The van der Waals surface area contributed by atoms with Gasteiger partial charge in [0.15, 0.2) is 0 Å². The fraction of sp³-hybridized carbons (Fsp3) is 0. The van der Waals surface area contributed by atoms with E-state index in [4.69, 9.17) is 4.98 Å². The lowest BCUT2D eigenvalue weighted by molar-refractivity contribution is 1.42. The van der Waals surface area contributed by atoms with Crippen LogP contribution in [0.25, 0.3) is 64.6 Å². The number of hydrogen-bond donors (Lipinski definition) is 0. The molecule has 6 aromatic rings. The smallest absolute Gasteiger partial charge is 0.0722 e. The van der Waals surface area contributed by atoms with E-state index in [0.29, 0.717) is 0 Å². The van der Waals surface area contributed by atoms with Crippen LogP contribution in [-0.4, -0.2) is 4.98 Å². The third-order valence-electron chi connectivity index (χ3n) is 6.02. The van der Waals surface area contributed by atoms with Crippen LogP contribution in [0, 0.1) is 0 Å². The van der Waals surface area contributed by atoms with Crippen LogP contribution in [0.3, 0.4) is 0 Å². The lowest BCUT2D eigenvalue weighted by Gasteiger charge is -2.09. The van der Waals surface area contributed by atoms with Gasteiger partial charge in [-0.15, -0.1) is 11.3 Å². The number of rotatable bonds is 1. The first-order valence-corrected chi connectivity index (χ1v) is 10.6. The molecule has 2 heterocycles. The highest BCUT2D eigenvalue weighted by molar-refractivity contribution is 7.25. The Morgan fingerprint density at radius 3 is 2.14 bits per heavy atom. The third kappa shape index (κ3) is 2.01. The SMILES string of the molecule is c1ccc2c(c1)-c1cccc3nc(-c4cccc5sc6ccccc6c45)cc-2c13. The maximum absolute atomic E-state index is 5.13. The van der Waals surface area contributed by atoms with E-state index in [1.54, 1.807) is 0 Å². The van der Waals surface area contributed by atoms with Crippen molar-refractivity contribution in [3.63, 3.8) is 0 Å². The van der Waals surface area contributed by atoms with Gasteiger partial charge in [0.2, 0.25) is 0 Å². The minimum atomic E-state index is 1.05. The van der Waals surface area contributed by atoms with Crippen LogP contribution in [0.2, 0.25) is 0 Å². The van der Waals surface area contributed by atoms with Gasteiger partial charge < -0.3 is 0 Å². The number of aromatic nitrogens is 1. The molecule has 4 aromatic carbocycles. The van der Waals surface area contributed by atoms with Gasteiger partial charge in [-0.25, -0.2) is 4.98 Å². The summed E-state index contributed by atoms with van der Waals surface area (Å²) in [4.78, 5) is 5.13. The molecule has 134 valence electrons. The zero-order chi connectivity index (χ0) is 18.9. The van der Waals surface area contributed by atoms with Gasteiger partial charge in [0.1, 0.15) is 0 Å². The molecular weight excluding hydrogens is 370 g/mol. The van der Waals surface area contributed by atoms with Crippen molar-refractivity contribution in [3.8, 4) is 33.5 Å². The Kier molecular flexibility index (Phi) is 2.94. The number of thiophene rings is 1. The van der Waals surface area contributed by atoms with Crippen LogP contribution in [-0.2, 0) is 0 Å². The lowest BCUT2D eigenvalue weighted by atomic mass is 9.99. The van der Waals surface area contributed by atoms with Gasteiger partial charge in [0.05, 0.1) is 11.2 Å². The Labute approximate surface area is 171 Å². The number of hydrogen-bond acceptors (Lipinski definition) is 2. The van der Waals surface area contributed by atoms with Crippen LogP contribution in [0.4, 0.5) is 0 Å². The Morgan fingerprint density at radius 2 is 1.21 bits per heavy atom. The second-order valence-corrected chi connectivity index (χ2v) is 8.66. The Balaban J connectivity index is 1.61. The molecule has 2 heteroatoms. The molecule has 0 fully saturated rings. The topological polar surface area (TPSA) is 12.9 Å². The summed E-state index contributed by atoms with van der Waals surface area (Å²) in [6, 6.07) is 32.7. The van der Waals surface area contributed by atoms with Crippen molar-refractivity contribution < 1.29 is 0 Å². The summed E-state index contributed by atoms with van der Waals surface area (Å²) in [5, 5.41) is 3.91. The molecule has 0 unspecified atom stereocenters. The van der Waals surface area contributed by atoms with E-state index < -0.39 is 0 Å². The molecule has 0 saturated heterocycles. The van der Waals surface area contributed by atoms with Gasteiger partial charge >= 0.3 is 0 Å². The van der Waals surface area contributed by atoms with Gasteiger partial charge in [0, 0.05) is 31.1 Å². The van der Waals surface area contributed by atoms with Crippen molar-refractivity contribution in [2.75, 3.05) is 0 Å². The molecule has 0 atom stereocenters. The standard InChI is InChI=1S/C27H15NS/c1-2-8-17-16(7-1)18-10-5-12-22-26(18)21(17)15-23(28-22)19-11-6-14-25-27(19)20-9-3-4-13-24(20)29-25/h1-15H. The largest absolute Gasteiger partial charge is 0.248 e. The molecule has 1 aliphatic carbocycles. The number of nitrogens with zero attached hydrogens (tertiary/aromatic N) is 1. The number of pyridine rings is 1. The predicted molar refractivity (Wildman–Crippen MR) is 124 cm³/mol. The average molecular weight is 385 g/mol. The molecule has 7 rings (SSSR count). The molecular formula is C27H15NS. The summed E-state index contributed by atoms with van der Waals surface area (Å²) >= 11 is 1.86. The zero-order valence-electron chi connectivity index (χ0n) is 15.5. The molecule has 1 nitrogen and oxygen atoms in total. The number of benzene rings is 4. The minimum Gasteiger partial charge on any atom is -0.248 e. The van der Waals surface area contributed by atoms with Crippen molar-refractivity contribution in [3.05, 3.63) is 91.0 Å². The Hall–Kier alpha value is -3.49. The number of fused-ring (bicyclic) bond motifs is 6. The van der Waals surface area contributed by atoms with Crippen LogP contribution in [0.5, 0.6) is 0 Å². The highest BCUT2D eigenvalue weighted by Gasteiger charge is 2.23. The Morgan fingerprint density at radius 1 is 0.517 bits per heavy atom. The molecule has 0 aliphatic heterocycles. The molecule has 1 aliphatic rings. The lowest BCUT2D eigenvalue weighted by Crippen LogP contribution is -1.88. The molecule has 0 amide bonds. The third-order valence-corrected chi connectivity index (χ3v) is 7.16. The molecule has 0 N–H and O–H groups in total. The van der Waals surface area contributed by atoms with Crippen LogP contribution >= 0.6 is 11.3 Å². The van der Waals surface area contributed by atoms with E-state index in [0.717, 1.165) is 11.2 Å². The summed E-state index contributed by atoms with van der Waals surface area (Å²) < 4.78 is 2.64. The highest BCUT2D eigenvalue weighted by Crippen LogP contribution is 2.48. The average Bonchev–Trinajstić information content (AvgIpc) is 3.31. The second-order valence-electron chi connectivity index (χ2n) is 7.58. The maximum Gasteiger partial charge on any atom is 0.0722 e. The van der Waals surface area contributed by atoms with Crippen molar-refractivity contribution in [1.82, 2.24) is 4.98 Å². The molecule has 0 radical (unpaired) electrons. The molecule has 29 heavy (non-hydrogen) atoms. The summed E-state index contributed by atoms with van der Waals surface area (Å²) in [6.07, 6.45) is 0. The van der Waals surface area contributed by atoms with Gasteiger partial charge in [-0.2, -0.15) is 0 Å². The molecule has 0 saturated carbocycles. The summed E-state index contributed by atoms with van der Waals surface area (Å²) in [5.74, 6) is 0. The van der Waals surface area contributed by atoms with Gasteiger partial charge in [-0.3, -0.25) is 0 Å². The minimum absolute atomic E-state index is 1.05. The molecule has 2 aromatic heterocycles. The molecule has 0 bridgehead atoms. The quantitative estimate of drug-likeness (QED) is 0.280. The van der Waals surface area contributed by atoms with Crippen LogP contribution < -0.4 is 0 Å². The summed E-state index contributed by atoms with van der Waals surface area (Å²) in [6.45, 7) is 0. The monoisotopic (exact) mass is 385 g/mol. The van der Waals surface area contributed by atoms with E-state index >= 15 is 0 Å². The van der Waals surface area contributed by atoms with Crippen LogP contribution in [0.1, 0.15) is 0 Å². The first-order valence-electron chi connectivity index (χ1n) is 9.83. The summed E-state index contributed by atoms with van der Waals surface area (Å²) in [5.41, 5.74) is 8.56. The fourth-order valence-electron chi connectivity index (χ4n) is 4.80. The highest BCUT2D eigenvalue weighted by atomic mass is 32.1. The first kappa shape index (κ1) is 15.4. The predicted octanol–water partition coefficient (Wildman–Crippen LogP) is 7.92. The van der Waals surface area contributed by atoms with E-state index in [2.05, 4.69) is 91.0 Å². The van der Waals surface area contributed by atoms with E-state index in [-0.39, 0.29) is 0 Å². The van der Waals surface area contributed by atoms with Crippen molar-refractivity contribution in [2.24, 2.45) is 0 Å². The van der Waals surface area contributed by atoms with E-state index in [9.17, 15) is 0 Å². The van der Waals surface area contributed by atoms with Gasteiger partial charge in [-0.1, -0.05) is 66.7 Å². The fourth-order valence-corrected chi connectivity index (χ4v) is 5.94. The second kappa shape index (κ2) is 5.53. The Bertz CT molecular complexity index is 1610. The molecule has 0 spiro atoms. The van der Waals surface area contributed by atoms with Crippen molar-refractivity contribution >= 4 is 42.4 Å². The van der Waals surface area contributed by atoms with Gasteiger partial charge in [0.25, 0.3) is 0 Å².